The van der Waals surface area contributed by atoms with Crippen molar-refractivity contribution in [2.45, 2.75) is 12.8 Å². The molecule has 8 heavy (non-hydrogen) atoms. The second-order valence-electron chi connectivity index (χ2n) is 1.72. The molecule has 0 unspecified atom stereocenters. The van der Waals surface area contributed by atoms with E-state index >= 15 is 0 Å². The minimum atomic E-state index is 0.677. The summed E-state index contributed by atoms with van der Waals surface area (Å²) in [6.07, 6.45) is 4.17. The third kappa shape index (κ3) is 1.15. The molecule has 0 aromatic carbocycles. The van der Waals surface area contributed by atoms with Crippen LogP contribution in [0.2, 0.25) is 0 Å². The van der Waals surface area contributed by atoms with Crippen molar-refractivity contribution in [2.24, 2.45) is 0 Å². The van der Waals surface area contributed by atoms with Crippen LogP contribution >= 0.6 is 0 Å². The van der Waals surface area contributed by atoms with E-state index < -0.39 is 0 Å². The Morgan fingerprint density at radius 1 is 1.75 bits per heavy atom. The molecule has 2 nitrogen and oxygen atoms in total. The fourth-order valence-electron chi connectivity index (χ4n) is 0.677. The Balaban J connectivity index is 2.37. The molecule has 0 saturated heterocycles. The van der Waals surface area contributed by atoms with Crippen molar-refractivity contribution < 1.29 is 9.47 Å². The lowest BCUT2D eigenvalue weighted by Crippen LogP contribution is -2.01. The molecule has 2 heteroatoms. The van der Waals surface area contributed by atoms with Crippen LogP contribution in [0.15, 0.2) is 12.0 Å². The standard InChI is InChI=1S/C6H10O2/c1-7-6-4-2-3-5-8-6/h4H,2-3,5H2,1H3. The second-order valence-corrected chi connectivity index (χ2v) is 1.72. The molecule has 0 atom stereocenters. The molecule has 0 bridgehead atoms. The Bertz CT molecular complexity index is 96.7. The van der Waals surface area contributed by atoms with Crippen LogP contribution in [0.5, 0.6) is 0 Å². The van der Waals surface area contributed by atoms with Crippen molar-refractivity contribution in [3.8, 4) is 0 Å². The zero-order valence-corrected chi connectivity index (χ0v) is 5.02. The van der Waals surface area contributed by atoms with E-state index in [-0.39, 0.29) is 0 Å². The molecule has 0 radical (unpaired) electrons. The van der Waals surface area contributed by atoms with Crippen LogP contribution < -0.4 is 0 Å². The molecule has 1 aliphatic heterocycles. The van der Waals surface area contributed by atoms with Crippen LogP contribution in [-0.2, 0) is 9.47 Å². The first-order valence-electron chi connectivity index (χ1n) is 2.80. The maximum atomic E-state index is 5.07. The van der Waals surface area contributed by atoms with Gasteiger partial charge in [-0.05, 0) is 18.9 Å². The van der Waals surface area contributed by atoms with Crippen LogP contribution in [0.25, 0.3) is 0 Å². The quantitative estimate of drug-likeness (QED) is 0.511. The molecular weight excluding hydrogens is 104 g/mol. The Hall–Kier alpha value is -0.660. The van der Waals surface area contributed by atoms with Gasteiger partial charge >= 0.3 is 0 Å². The van der Waals surface area contributed by atoms with Gasteiger partial charge in [0.05, 0.1) is 13.7 Å². The van der Waals surface area contributed by atoms with Crippen LogP contribution in [0.1, 0.15) is 12.8 Å². The Kier molecular flexibility index (Phi) is 1.78. The summed E-state index contributed by atoms with van der Waals surface area (Å²) in [5.74, 6) is 0.677. The van der Waals surface area contributed by atoms with Crippen molar-refractivity contribution in [3.63, 3.8) is 0 Å². The molecular formula is C6H10O2. The molecule has 0 aliphatic carbocycles. The Labute approximate surface area is 49.1 Å². The van der Waals surface area contributed by atoms with Gasteiger partial charge < -0.3 is 9.47 Å². The number of hydrogen-bond donors (Lipinski definition) is 0. The lowest BCUT2D eigenvalue weighted by molar-refractivity contribution is 0.0500. The summed E-state index contributed by atoms with van der Waals surface area (Å²) in [5, 5.41) is 0. The van der Waals surface area contributed by atoms with E-state index in [0.29, 0.717) is 5.95 Å². The van der Waals surface area contributed by atoms with E-state index in [1.54, 1.807) is 7.11 Å². The van der Waals surface area contributed by atoms with Crippen molar-refractivity contribution in [1.82, 2.24) is 0 Å². The third-order valence-electron chi connectivity index (χ3n) is 1.10. The monoisotopic (exact) mass is 114 g/mol. The maximum Gasteiger partial charge on any atom is 0.274 e. The highest BCUT2D eigenvalue weighted by atomic mass is 16.7. The SMILES string of the molecule is COC1=CCCCO1. The molecule has 0 aromatic heterocycles. The predicted octanol–water partition coefficient (Wildman–Crippen LogP) is 1.28. The molecule has 46 valence electrons. The van der Waals surface area contributed by atoms with Gasteiger partial charge in [-0.1, -0.05) is 0 Å². The van der Waals surface area contributed by atoms with Crippen molar-refractivity contribution in [1.29, 1.82) is 0 Å². The van der Waals surface area contributed by atoms with Crippen molar-refractivity contribution in [3.05, 3.63) is 12.0 Å². The predicted molar refractivity (Wildman–Crippen MR) is 30.3 cm³/mol. The van der Waals surface area contributed by atoms with E-state index in [9.17, 15) is 0 Å². The highest BCUT2D eigenvalue weighted by molar-refractivity contribution is 4.86. The normalized spacial score (nSPS) is 18.9. The molecule has 1 heterocycles. The molecule has 0 fully saturated rings. The maximum absolute atomic E-state index is 5.07. The average Bonchev–Trinajstić information content (AvgIpc) is 1.90. The van der Waals surface area contributed by atoms with Crippen LogP contribution in [0.4, 0.5) is 0 Å². The number of ether oxygens (including phenoxy) is 2. The smallest absolute Gasteiger partial charge is 0.274 e. The summed E-state index contributed by atoms with van der Waals surface area (Å²) in [6, 6.07) is 0. The van der Waals surface area contributed by atoms with E-state index in [2.05, 4.69) is 0 Å². The summed E-state index contributed by atoms with van der Waals surface area (Å²) in [5.41, 5.74) is 0. The summed E-state index contributed by atoms with van der Waals surface area (Å²) >= 11 is 0. The summed E-state index contributed by atoms with van der Waals surface area (Å²) in [7, 11) is 1.62. The summed E-state index contributed by atoms with van der Waals surface area (Å²) in [4.78, 5) is 0. The number of allylic oxidation sites excluding steroid dienone is 1. The van der Waals surface area contributed by atoms with Gasteiger partial charge in [0.25, 0.3) is 5.95 Å². The number of hydrogen-bond acceptors (Lipinski definition) is 2. The zero-order valence-electron chi connectivity index (χ0n) is 5.02. The van der Waals surface area contributed by atoms with Gasteiger partial charge in [0, 0.05) is 0 Å². The topological polar surface area (TPSA) is 18.5 Å². The number of methoxy groups -OCH3 is 1. The van der Waals surface area contributed by atoms with Crippen molar-refractivity contribution in [2.75, 3.05) is 13.7 Å². The molecule has 1 aliphatic rings. The summed E-state index contributed by atoms with van der Waals surface area (Å²) < 4.78 is 9.90. The van der Waals surface area contributed by atoms with Gasteiger partial charge in [-0.25, -0.2) is 0 Å². The van der Waals surface area contributed by atoms with Crippen molar-refractivity contribution >= 4 is 0 Å². The van der Waals surface area contributed by atoms with Gasteiger partial charge in [-0.2, -0.15) is 0 Å². The first kappa shape index (κ1) is 5.48. The van der Waals surface area contributed by atoms with E-state index in [1.807, 2.05) is 6.08 Å². The molecule has 0 aromatic rings. The summed E-state index contributed by atoms with van der Waals surface area (Å²) in [6.45, 7) is 0.805. The Morgan fingerprint density at radius 2 is 2.62 bits per heavy atom. The molecule has 0 saturated carbocycles. The molecule has 0 amide bonds. The second kappa shape index (κ2) is 2.60. The van der Waals surface area contributed by atoms with Crippen LogP contribution in [0.3, 0.4) is 0 Å². The van der Waals surface area contributed by atoms with Gasteiger partial charge in [0.2, 0.25) is 0 Å². The lowest BCUT2D eigenvalue weighted by Gasteiger charge is -2.11. The van der Waals surface area contributed by atoms with Crippen LogP contribution in [0, 0.1) is 0 Å². The highest BCUT2D eigenvalue weighted by Crippen LogP contribution is 2.08. The molecule has 0 N–H and O–H groups in total. The fourth-order valence-corrected chi connectivity index (χ4v) is 0.677. The van der Waals surface area contributed by atoms with Gasteiger partial charge in [-0.3, -0.25) is 0 Å². The first-order valence-corrected chi connectivity index (χ1v) is 2.80. The molecule has 0 spiro atoms. The van der Waals surface area contributed by atoms with Gasteiger partial charge in [0.1, 0.15) is 0 Å². The van der Waals surface area contributed by atoms with E-state index in [4.69, 9.17) is 9.47 Å². The lowest BCUT2D eigenvalue weighted by atomic mass is 10.3. The highest BCUT2D eigenvalue weighted by Gasteiger charge is 2.00. The first-order chi connectivity index (χ1) is 3.93. The third-order valence-corrected chi connectivity index (χ3v) is 1.10. The van der Waals surface area contributed by atoms with Gasteiger partial charge in [-0.15, -0.1) is 0 Å². The zero-order chi connectivity index (χ0) is 5.82. The minimum absolute atomic E-state index is 0.677. The van der Waals surface area contributed by atoms with E-state index in [1.165, 1.54) is 0 Å². The van der Waals surface area contributed by atoms with E-state index in [0.717, 1.165) is 19.4 Å². The van der Waals surface area contributed by atoms with Gasteiger partial charge in [0.15, 0.2) is 0 Å². The molecule has 1 rings (SSSR count). The number of rotatable bonds is 1. The average molecular weight is 114 g/mol. The minimum Gasteiger partial charge on any atom is -0.469 e. The fraction of sp³-hybridized carbons (Fsp3) is 0.667. The Morgan fingerprint density at radius 3 is 3.00 bits per heavy atom. The largest absolute Gasteiger partial charge is 0.469 e. The van der Waals surface area contributed by atoms with Crippen LogP contribution in [-0.4, -0.2) is 13.7 Å².